The summed E-state index contributed by atoms with van der Waals surface area (Å²) in [5.74, 6) is 0.514. The van der Waals surface area contributed by atoms with Crippen LogP contribution in [0.5, 0.6) is 0 Å². The molecule has 2 rings (SSSR count). The number of piperidine rings is 1. The smallest absolute Gasteiger partial charge is 0.246 e. The highest BCUT2D eigenvalue weighted by Crippen LogP contribution is 2.06. The molecule has 0 unspecified atom stereocenters. The second kappa shape index (κ2) is 6.31. The number of amides is 1. The molecule has 1 aromatic rings. The van der Waals surface area contributed by atoms with Gasteiger partial charge in [-0.05, 0) is 25.9 Å². The molecule has 1 fully saturated rings. The molecule has 2 heterocycles. The summed E-state index contributed by atoms with van der Waals surface area (Å²) in [5.41, 5.74) is 0. The van der Waals surface area contributed by atoms with Crippen molar-refractivity contribution in [3.05, 3.63) is 12.2 Å². The first kappa shape index (κ1) is 12.0. The minimum Gasteiger partial charge on any atom is -0.368 e. The Hall–Kier alpha value is -1.47. The molecule has 0 aromatic carbocycles. The Morgan fingerprint density at radius 1 is 1.53 bits per heavy atom. The van der Waals surface area contributed by atoms with Crippen molar-refractivity contribution in [2.45, 2.75) is 25.5 Å². The lowest BCUT2D eigenvalue weighted by Crippen LogP contribution is -2.35. The Morgan fingerprint density at radius 2 is 2.35 bits per heavy atom. The van der Waals surface area contributed by atoms with E-state index in [4.69, 9.17) is 4.74 Å². The van der Waals surface area contributed by atoms with Gasteiger partial charge in [-0.15, -0.1) is 0 Å². The largest absolute Gasteiger partial charge is 0.368 e. The molecule has 0 spiro atoms. The van der Waals surface area contributed by atoms with Gasteiger partial charge in [0, 0.05) is 0 Å². The molecular formula is C10H17N5O2. The molecule has 1 aliphatic rings. The predicted octanol–water partition coefficient (Wildman–Crippen LogP) is -0.810. The molecule has 0 atom stereocenters. The van der Waals surface area contributed by atoms with E-state index in [2.05, 4.69) is 25.8 Å². The van der Waals surface area contributed by atoms with E-state index in [0.717, 1.165) is 25.9 Å². The molecule has 3 N–H and O–H groups in total. The zero-order valence-electron chi connectivity index (χ0n) is 9.61. The van der Waals surface area contributed by atoms with Crippen molar-refractivity contribution in [3.8, 4) is 0 Å². The molecule has 7 nitrogen and oxygen atoms in total. The van der Waals surface area contributed by atoms with E-state index in [1.807, 2.05) is 0 Å². The number of carbonyl (C=O) groups excluding carboxylic acids is 1. The third kappa shape index (κ3) is 4.12. The predicted molar refractivity (Wildman–Crippen MR) is 60.1 cm³/mol. The Labute approximate surface area is 99.3 Å². The van der Waals surface area contributed by atoms with Gasteiger partial charge in [0.2, 0.25) is 5.91 Å². The van der Waals surface area contributed by atoms with Gasteiger partial charge >= 0.3 is 0 Å². The molecule has 0 bridgehead atoms. The summed E-state index contributed by atoms with van der Waals surface area (Å²) in [7, 11) is 0. The van der Waals surface area contributed by atoms with E-state index in [1.165, 1.54) is 6.33 Å². The number of nitrogens with zero attached hydrogens (tertiary/aromatic N) is 2. The van der Waals surface area contributed by atoms with Crippen molar-refractivity contribution in [1.82, 2.24) is 25.8 Å². The number of hydrogen-bond acceptors (Lipinski definition) is 5. The highest BCUT2D eigenvalue weighted by molar-refractivity contribution is 5.77. The van der Waals surface area contributed by atoms with Crippen molar-refractivity contribution in [1.29, 1.82) is 0 Å². The first-order valence-corrected chi connectivity index (χ1v) is 5.78. The zero-order chi connectivity index (χ0) is 11.9. The highest BCUT2D eigenvalue weighted by atomic mass is 16.5. The first-order valence-electron chi connectivity index (χ1n) is 5.78. The monoisotopic (exact) mass is 239 g/mol. The summed E-state index contributed by atoms with van der Waals surface area (Å²) in [6.45, 7) is 2.39. The third-order valence-corrected chi connectivity index (χ3v) is 2.65. The lowest BCUT2D eigenvalue weighted by Gasteiger charge is -2.22. The number of rotatable bonds is 5. The fourth-order valence-corrected chi connectivity index (χ4v) is 1.70. The molecule has 0 radical (unpaired) electrons. The zero-order valence-corrected chi connectivity index (χ0v) is 9.61. The van der Waals surface area contributed by atoms with Crippen molar-refractivity contribution in [2.24, 2.45) is 0 Å². The van der Waals surface area contributed by atoms with Gasteiger partial charge in [-0.2, -0.15) is 5.10 Å². The van der Waals surface area contributed by atoms with Gasteiger partial charge in [0.05, 0.1) is 12.6 Å². The number of H-pyrrole nitrogens is 1. The van der Waals surface area contributed by atoms with Gasteiger partial charge in [-0.1, -0.05) is 0 Å². The third-order valence-electron chi connectivity index (χ3n) is 2.65. The molecule has 1 saturated heterocycles. The summed E-state index contributed by atoms with van der Waals surface area (Å²) in [6, 6.07) is 0. The van der Waals surface area contributed by atoms with Crippen LogP contribution in [0.1, 0.15) is 18.7 Å². The number of aromatic amines is 1. The van der Waals surface area contributed by atoms with E-state index >= 15 is 0 Å². The van der Waals surface area contributed by atoms with Crippen LogP contribution in [-0.4, -0.2) is 46.9 Å². The van der Waals surface area contributed by atoms with Crippen LogP contribution in [0.2, 0.25) is 0 Å². The Balaban J connectivity index is 1.60. The Kier molecular flexibility index (Phi) is 4.45. The van der Waals surface area contributed by atoms with Gasteiger partial charge < -0.3 is 15.4 Å². The molecule has 17 heavy (non-hydrogen) atoms. The highest BCUT2D eigenvalue weighted by Gasteiger charge is 2.14. The summed E-state index contributed by atoms with van der Waals surface area (Å²) >= 11 is 0. The number of ether oxygens (including phenoxy) is 1. The van der Waals surface area contributed by atoms with Crippen LogP contribution in [0.25, 0.3) is 0 Å². The maximum atomic E-state index is 11.5. The second-order valence-corrected chi connectivity index (χ2v) is 3.97. The lowest BCUT2D eigenvalue weighted by molar-refractivity contribution is -0.128. The van der Waals surface area contributed by atoms with E-state index in [-0.39, 0.29) is 18.6 Å². The van der Waals surface area contributed by atoms with Crippen molar-refractivity contribution < 1.29 is 9.53 Å². The van der Waals surface area contributed by atoms with Crippen LogP contribution in [0, 0.1) is 0 Å². The fraction of sp³-hybridized carbons (Fsp3) is 0.700. The minimum atomic E-state index is -0.125. The standard InChI is InChI=1S/C10H17N5O2/c16-10(12-5-9-13-7-14-15-9)6-17-8-1-3-11-4-2-8/h7-8,11H,1-6H2,(H,12,16)(H,13,14,15). The Morgan fingerprint density at radius 3 is 3.06 bits per heavy atom. The second-order valence-electron chi connectivity index (χ2n) is 3.97. The summed E-state index contributed by atoms with van der Waals surface area (Å²) in [5, 5.41) is 12.3. The molecular weight excluding hydrogens is 222 g/mol. The van der Waals surface area contributed by atoms with Crippen LogP contribution in [0.3, 0.4) is 0 Å². The maximum absolute atomic E-state index is 11.5. The lowest BCUT2D eigenvalue weighted by atomic mass is 10.1. The SMILES string of the molecule is O=C(COC1CCNCC1)NCc1ncn[nH]1. The minimum absolute atomic E-state index is 0.110. The van der Waals surface area contributed by atoms with Gasteiger partial charge in [0.25, 0.3) is 0 Å². The molecule has 7 heteroatoms. The number of aromatic nitrogens is 3. The summed E-state index contributed by atoms with van der Waals surface area (Å²) in [6.07, 6.45) is 3.55. The fourth-order valence-electron chi connectivity index (χ4n) is 1.70. The van der Waals surface area contributed by atoms with Gasteiger partial charge in [0.15, 0.2) is 0 Å². The van der Waals surface area contributed by atoms with E-state index in [9.17, 15) is 4.79 Å². The van der Waals surface area contributed by atoms with Crippen LogP contribution < -0.4 is 10.6 Å². The summed E-state index contributed by atoms with van der Waals surface area (Å²) in [4.78, 5) is 15.4. The van der Waals surface area contributed by atoms with E-state index in [0.29, 0.717) is 12.4 Å². The van der Waals surface area contributed by atoms with Crippen molar-refractivity contribution in [2.75, 3.05) is 19.7 Å². The molecule has 1 amide bonds. The van der Waals surface area contributed by atoms with E-state index < -0.39 is 0 Å². The van der Waals surface area contributed by atoms with E-state index in [1.54, 1.807) is 0 Å². The molecule has 1 aliphatic heterocycles. The average molecular weight is 239 g/mol. The van der Waals surface area contributed by atoms with Gasteiger partial charge in [-0.3, -0.25) is 9.89 Å². The molecule has 0 aliphatic carbocycles. The normalized spacial score (nSPS) is 16.9. The molecule has 94 valence electrons. The Bertz CT molecular complexity index is 334. The van der Waals surface area contributed by atoms with Crippen LogP contribution in [0.4, 0.5) is 0 Å². The maximum Gasteiger partial charge on any atom is 0.246 e. The molecule has 1 aromatic heterocycles. The van der Waals surface area contributed by atoms with Gasteiger partial charge in [-0.25, -0.2) is 4.98 Å². The molecule has 0 saturated carbocycles. The number of hydrogen-bond donors (Lipinski definition) is 3. The number of carbonyl (C=O) groups is 1. The quantitative estimate of drug-likeness (QED) is 0.625. The summed E-state index contributed by atoms with van der Waals surface area (Å²) < 4.78 is 5.52. The first-order chi connectivity index (χ1) is 8.34. The van der Waals surface area contributed by atoms with Crippen molar-refractivity contribution >= 4 is 5.91 Å². The van der Waals surface area contributed by atoms with Gasteiger partial charge in [0.1, 0.15) is 18.8 Å². The van der Waals surface area contributed by atoms with Crippen LogP contribution in [-0.2, 0) is 16.1 Å². The van der Waals surface area contributed by atoms with Crippen molar-refractivity contribution in [3.63, 3.8) is 0 Å². The topological polar surface area (TPSA) is 91.9 Å². The average Bonchev–Trinajstić information content (AvgIpc) is 2.88. The van der Waals surface area contributed by atoms with Crippen LogP contribution in [0.15, 0.2) is 6.33 Å². The van der Waals surface area contributed by atoms with Crippen LogP contribution >= 0.6 is 0 Å². The number of nitrogens with one attached hydrogen (secondary N) is 3.